The summed E-state index contributed by atoms with van der Waals surface area (Å²) in [5, 5.41) is 14.0. The van der Waals surface area contributed by atoms with Crippen molar-refractivity contribution in [3.63, 3.8) is 0 Å². The molecule has 1 amide bonds. The number of benzene rings is 2. The number of hydrogen-bond acceptors (Lipinski definition) is 4. The van der Waals surface area contributed by atoms with E-state index < -0.39 is 11.5 Å². The molecule has 0 aromatic heterocycles. The minimum absolute atomic E-state index is 0.403. The zero-order chi connectivity index (χ0) is 18.4. The highest BCUT2D eigenvalue weighted by molar-refractivity contribution is 6.30. The number of nitrogens with zero attached hydrogens (tertiary/aromatic N) is 1. The molecule has 2 N–H and O–H groups in total. The third-order valence-electron chi connectivity index (χ3n) is 3.37. The van der Waals surface area contributed by atoms with Crippen molar-refractivity contribution in [2.45, 2.75) is 33.0 Å². The van der Waals surface area contributed by atoms with Gasteiger partial charge in [0.05, 0.1) is 6.21 Å². The lowest BCUT2D eigenvalue weighted by Crippen LogP contribution is -2.39. The Kier molecular flexibility index (Phi) is 6.17. The highest BCUT2D eigenvalue weighted by Gasteiger charge is 2.22. The van der Waals surface area contributed by atoms with Crippen LogP contribution in [0.3, 0.4) is 0 Å². The first kappa shape index (κ1) is 19.0. The molecular weight excluding hydrogens is 340 g/mol. The highest BCUT2D eigenvalue weighted by atomic mass is 35.5. The van der Waals surface area contributed by atoms with Crippen LogP contribution in [-0.2, 0) is 11.4 Å². The summed E-state index contributed by atoms with van der Waals surface area (Å²) in [4.78, 5) is 11.6. The molecule has 0 heterocycles. The highest BCUT2D eigenvalue weighted by Crippen LogP contribution is 2.22. The van der Waals surface area contributed by atoms with Crippen molar-refractivity contribution >= 4 is 23.7 Å². The monoisotopic (exact) mass is 360 g/mol. The normalized spacial score (nSPS) is 11.6. The van der Waals surface area contributed by atoms with Gasteiger partial charge in [0.2, 0.25) is 0 Å². The van der Waals surface area contributed by atoms with Gasteiger partial charge < -0.3 is 9.84 Å². The number of nitrogens with one attached hydrogen (secondary N) is 1. The molecule has 0 saturated carbocycles. The third kappa shape index (κ3) is 5.89. The van der Waals surface area contributed by atoms with Crippen molar-refractivity contribution in [2.24, 2.45) is 5.10 Å². The topological polar surface area (TPSA) is 70.9 Å². The number of hydrogen-bond donors (Lipinski definition) is 2. The summed E-state index contributed by atoms with van der Waals surface area (Å²) in [6.45, 7) is 5.19. The van der Waals surface area contributed by atoms with E-state index in [1.54, 1.807) is 18.2 Å². The van der Waals surface area contributed by atoms with E-state index in [2.05, 4.69) is 10.5 Å². The van der Waals surface area contributed by atoms with Gasteiger partial charge in [0, 0.05) is 10.6 Å². The second-order valence-electron chi connectivity index (χ2n) is 6.22. The van der Waals surface area contributed by atoms with E-state index in [0.717, 1.165) is 11.1 Å². The van der Waals surface area contributed by atoms with Crippen LogP contribution in [-0.4, -0.2) is 22.8 Å². The largest absolute Gasteiger partial charge is 0.488 e. The summed E-state index contributed by atoms with van der Waals surface area (Å²) in [5.74, 6) is -0.0137. The lowest BCUT2D eigenvalue weighted by atomic mass is 10.1. The fraction of sp³-hybridized carbons (Fsp3) is 0.263. The minimum Gasteiger partial charge on any atom is -0.488 e. The molecule has 5 nitrogen and oxygen atoms in total. The average Bonchev–Trinajstić information content (AvgIpc) is 2.53. The van der Waals surface area contributed by atoms with E-state index in [-0.39, 0.29) is 0 Å². The quantitative estimate of drug-likeness (QED) is 0.612. The van der Waals surface area contributed by atoms with Gasteiger partial charge in [0.25, 0.3) is 5.91 Å². The molecule has 2 rings (SSSR count). The van der Waals surface area contributed by atoms with Gasteiger partial charge in [-0.1, -0.05) is 41.4 Å². The fourth-order valence-corrected chi connectivity index (χ4v) is 2.19. The molecule has 0 saturated heterocycles. The van der Waals surface area contributed by atoms with Crippen molar-refractivity contribution in [3.05, 3.63) is 64.2 Å². The molecular formula is C19H21ClN2O3. The smallest absolute Gasteiger partial charge is 0.271 e. The summed E-state index contributed by atoms with van der Waals surface area (Å²) in [7, 11) is 0. The van der Waals surface area contributed by atoms with E-state index in [1.165, 1.54) is 20.1 Å². The number of carbonyl (C=O) groups is 1. The third-order valence-corrected chi connectivity index (χ3v) is 3.61. The Bertz CT molecular complexity index is 782. The summed E-state index contributed by atoms with van der Waals surface area (Å²) in [6, 6.07) is 13.2. The Morgan fingerprint density at radius 2 is 2.08 bits per heavy atom. The second kappa shape index (κ2) is 8.14. The number of carbonyl (C=O) groups excluding carboxylic acids is 1. The minimum atomic E-state index is -1.50. The van der Waals surface area contributed by atoms with Crippen LogP contribution in [0.5, 0.6) is 5.75 Å². The van der Waals surface area contributed by atoms with E-state index in [4.69, 9.17) is 16.3 Å². The Morgan fingerprint density at radius 1 is 1.32 bits per heavy atom. The molecule has 6 heteroatoms. The van der Waals surface area contributed by atoms with Gasteiger partial charge in [-0.15, -0.1) is 0 Å². The van der Waals surface area contributed by atoms with Crippen LogP contribution >= 0.6 is 11.6 Å². The predicted molar refractivity (Wildman–Crippen MR) is 99.0 cm³/mol. The summed E-state index contributed by atoms with van der Waals surface area (Å²) >= 11 is 6.02. The van der Waals surface area contributed by atoms with Crippen LogP contribution in [0.2, 0.25) is 5.02 Å². The molecule has 2 aromatic rings. The van der Waals surface area contributed by atoms with E-state index >= 15 is 0 Å². The molecule has 0 aliphatic heterocycles. The van der Waals surface area contributed by atoms with Crippen LogP contribution < -0.4 is 10.2 Å². The molecule has 0 aliphatic rings. The van der Waals surface area contributed by atoms with Gasteiger partial charge >= 0.3 is 0 Å². The van der Waals surface area contributed by atoms with Gasteiger partial charge in [0.1, 0.15) is 18.0 Å². The van der Waals surface area contributed by atoms with Crippen molar-refractivity contribution in [1.82, 2.24) is 5.43 Å². The van der Waals surface area contributed by atoms with Crippen molar-refractivity contribution in [1.29, 1.82) is 0 Å². The molecule has 0 fully saturated rings. The molecule has 2 aromatic carbocycles. The Labute approximate surface area is 152 Å². The maximum atomic E-state index is 11.6. The number of halogens is 1. The molecule has 25 heavy (non-hydrogen) atoms. The maximum Gasteiger partial charge on any atom is 0.271 e. The lowest BCUT2D eigenvalue weighted by molar-refractivity contribution is -0.136. The molecule has 0 spiro atoms. The number of aryl methyl sites for hydroxylation is 1. The van der Waals surface area contributed by atoms with Gasteiger partial charge in [0.15, 0.2) is 0 Å². The number of amides is 1. The summed E-state index contributed by atoms with van der Waals surface area (Å²) < 4.78 is 5.85. The first-order valence-corrected chi connectivity index (χ1v) is 8.17. The Morgan fingerprint density at radius 3 is 2.76 bits per heavy atom. The van der Waals surface area contributed by atoms with Gasteiger partial charge in [-0.25, -0.2) is 5.43 Å². The number of rotatable bonds is 6. The predicted octanol–water partition coefficient (Wildman–Crippen LogP) is 3.45. The molecule has 0 aliphatic carbocycles. The van der Waals surface area contributed by atoms with E-state index in [0.29, 0.717) is 22.9 Å². The maximum absolute atomic E-state index is 11.6. The van der Waals surface area contributed by atoms with Crippen LogP contribution in [0, 0.1) is 6.92 Å². The summed E-state index contributed by atoms with van der Waals surface area (Å²) in [6.07, 6.45) is 1.43. The first-order valence-electron chi connectivity index (χ1n) is 7.79. The van der Waals surface area contributed by atoms with E-state index in [9.17, 15) is 9.90 Å². The van der Waals surface area contributed by atoms with Crippen molar-refractivity contribution in [2.75, 3.05) is 0 Å². The number of aliphatic hydroxyl groups is 1. The van der Waals surface area contributed by atoms with E-state index in [1.807, 2.05) is 31.2 Å². The van der Waals surface area contributed by atoms with Crippen LogP contribution in [0.4, 0.5) is 0 Å². The zero-order valence-corrected chi connectivity index (χ0v) is 15.2. The number of hydrazone groups is 1. The molecule has 0 unspecified atom stereocenters. The average molecular weight is 361 g/mol. The molecule has 0 bridgehead atoms. The SMILES string of the molecule is Cc1cccc(COc2ccc(Cl)cc2/C=N/NC(=O)C(C)(C)O)c1. The summed E-state index contributed by atoms with van der Waals surface area (Å²) in [5.41, 5.74) is 3.61. The van der Waals surface area contributed by atoms with Crippen LogP contribution in [0.1, 0.15) is 30.5 Å². The van der Waals surface area contributed by atoms with Crippen LogP contribution in [0.25, 0.3) is 0 Å². The Balaban J connectivity index is 2.10. The number of ether oxygens (including phenoxy) is 1. The first-order chi connectivity index (χ1) is 11.8. The van der Waals surface area contributed by atoms with Gasteiger partial charge in [-0.05, 0) is 44.5 Å². The second-order valence-corrected chi connectivity index (χ2v) is 6.65. The van der Waals surface area contributed by atoms with Crippen LogP contribution in [0.15, 0.2) is 47.6 Å². The molecule has 0 atom stereocenters. The van der Waals surface area contributed by atoms with Gasteiger partial charge in [-0.3, -0.25) is 4.79 Å². The standard InChI is InChI=1S/C19H21ClN2O3/c1-13-5-4-6-14(9-13)12-25-17-8-7-16(20)10-15(17)11-21-22-18(23)19(2,3)24/h4-11,24H,12H2,1-3H3,(H,22,23)/b21-11+. The Hall–Kier alpha value is -2.37. The van der Waals surface area contributed by atoms with Crippen molar-refractivity contribution in [3.8, 4) is 5.75 Å². The molecule has 132 valence electrons. The fourth-order valence-electron chi connectivity index (χ4n) is 2.01. The zero-order valence-electron chi connectivity index (χ0n) is 14.4. The van der Waals surface area contributed by atoms with Crippen molar-refractivity contribution < 1.29 is 14.6 Å². The molecule has 0 radical (unpaired) electrons. The lowest BCUT2D eigenvalue weighted by Gasteiger charge is -2.14. The van der Waals surface area contributed by atoms with Gasteiger partial charge in [-0.2, -0.15) is 5.10 Å².